The van der Waals surface area contributed by atoms with Crippen LogP contribution >= 0.6 is 0 Å². The molecule has 0 bridgehead atoms. The number of nitrogens with zero attached hydrogens (tertiary/aromatic N) is 2. The van der Waals surface area contributed by atoms with Crippen LogP contribution in [0.4, 0.5) is 17.1 Å². The van der Waals surface area contributed by atoms with Gasteiger partial charge in [-0.1, -0.05) is 18.2 Å². The summed E-state index contributed by atoms with van der Waals surface area (Å²) in [5.41, 5.74) is 2.17. The lowest BCUT2D eigenvalue weighted by molar-refractivity contribution is 0.102. The normalized spacial score (nSPS) is 17.6. The Kier molecular flexibility index (Phi) is 6.87. The minimum absolute atomic E-state index is 0.0316. The van der Waals surface area contributed by atoms with E-state index in [1.165, 1.54) is 24.3 Å². The van der Waals surface area contributed by atoms with Crippen molar-refractivity contribution in [3.05, 3.63) is 84.4 Å². The lowest BCUT2D eigenvalue weighted by Crippen LogP contribution is -2.35. The summed E-state index contributed by atoms with van der Waals surface area (Å²) >= 11 is 0. The van der Waals surface area contributed by atoms with Crippen LogP contribution in [0.5, 0.6) is 0 Å². The molecule has 0 aromatic heterocycles. The summed E-state index contributed by atoms with van der Waals surface area (Å²) in [5, 5.41) is 11.0. The molecule has 1 aliphatic heterocycles. The van der Waals surface area contributed by atoms with E-state index in [0.29, 0.717) is 11.4 Å². The van der Waals surface area contributed by atoms with Gasteiger partial charge in [0.15, 0.2) is 9.84 Å². The van der Waals surface area contributed by atoms with E-state index in [-0.39, 0.29) is 28.4 Å². The predicted molar refractivity (Wildman–Crippen MR) is 129 cm³/mol. The van der Waals surface area contributed by atoms with Crippen LogP contribution in [0, 0.1) is 0 Å². The first-order valence-electron chi connectivity index (χ1n) is 10.4. The molecule has 0 spiro atoms. The minimum Gasteiger partial charge on any atom is -0.322 e. The number of rotatable bonds is 7. The molecule has 176 valence electrons. The van der Waals surface area contributed by atoms with Gasteiger partial charge in [-0.05, 0) is 67.1 Å². The Morgan fingerprint density at radius 2 is 1.47 bits per heavy atom. The van der Waals surface area contributed by atoms with Gasteiger partial charge in [-0.2, -0.15) is 10.2 Å². The number of anilines is 1. The standard InChI is InChI=1S/C23H22N4O5S2/c28-23(24-18-8-10-20(11-9-18)26-25-19-4-2-1-3-5-19)17-6-12-22(13-7-17)34(31,32)27-21-14-15-33(29,30)16-21/h1-13,21,27H,14-16H2,(H,24,28). The van der Waals surface area contributed by atoms with Gasteiger partial charge in [0.2, 0.25) is 10.0 Å². The summed E-state index contributed by atoms with van der Waals surface area (Å²) in [5.74, 6) is -0.646. The Morgan fingerprint density at radius 3 is 2.06 bits per heavy atom. The minimum atomic E-state index is -3.89. The molecule has 9 nitrogen and oxygen atoms in total. The van der Waals surface area contributed by atoms with E-state index in [2.05, 4.69) is 20.3 Å². The molecule has 11 heteroatoms. The molecule has 0 radical (unpaired) electrons. The monoisotopic (exact) mass is 498 g/mol. The molecule has 0 saturated carbocycles. The van der Waals surface area contributed by atoms with E-state index in [4.69, 9.17) is 0 Å². The van der Waals surface area contributed by atoms with Crippen LogP contribution in [0.25, 0.3) is 0 Å². The zero-order chi connectivity index (χ0) is 24.2. The van der Waals surface area contributed by atoms with Gasteiger partial charge in [0.1, 0.15) is 0 Å². The average molecular weight is 499 g/mol. The van der Waals surface area contributed by atoms with Gasteiger partial charge in [0.25, 0.3) is 5.91 Å². The van der Waals surface area contributed by atoms with E-state index in [1.54, 1.807) is 24.3 Å². The molecule has 3 aromatic rings. The summed E-state index contributed by atoms with van der Waals surface area (Å²) < 4.78 is 50.6. The van der Waals surface area contributed by atoms with Crippen molar-refractivity contribution in [2.24, 2.45) is 10.2 Å². The molecule has 1 fully saturated rings. The molecule has 34 heavy (non-hydrogen) atoms. The molecule has 1 amide bonds. The number of sulfonamides is 1. The molecule has 1 atom stereocenters. The molecule has 0 aliphatic carbocycles. The van der Waals surface area contributed by atoms with Gasteiger partial charge < -0.3 is 5.32 Å². The molecule has 2 N–H and O–H groups in total. The highest BCUT2D eigenvalue weighted by Gasteiger charge is 2.31. The van der Waals surface area contributed by atoms with Crippen molar-refractivity contribution in [1.29, 1.82) is 0 Å². The maximum Gasteiger partial charge on any atom is 0.255 e. The van der Waals surface area contributed by atoms with Crippen LogP contribution in [0.2, 0.25) is 0 Å². The number of nitrogens with one attached hydrogen (secondary N) is 2. The highest BCUT2D eigenvalue weighted by molar-refractivity contribution is 7.92. The Bertz CT molecular complexity index is 1400. The Morgan fingerprint density at radius 1 is 0.853 bits per heavy atom. The lowest BCUT2D eigenvalue weighted by Gasteiger charge is -2.12. The fourth-order valence-electron chi connectivity index (χ4n) is 3.39. The lowest BCUT2D eigenvalue weighted by atomic mass is 10.2. The van der Waals surface area contributed by atoms with Crippen LogP contribution in [-0.4, -0.2) is 40.3 Å². The number of benzene rings is 3. The van der Waals surface area contributed by atoms with Crippen LogP contribution in [-0.2, 0) is 19.9 Å². The van der Waals surface area contributed by atoms with Crippen LogP contribution in [0.1, 0.15) is 16.8 Å². The highest BCUT2D eigenvalue weighted by atomic mass is 32.2. The molecule has 1 saturated heterocycles. The zero-order valence-electron chi connectivity index (χ0n) is 18.0. The van der Waals surface area contributed by atoms with E-state index in [0.717, 1.165) is 5.69 Å². The Hall–Kier alpha value is -3.41. The Labute approximate surface area is 197 Å². The van der Waals surface area contributed by atoms with Crippen LogP contribution < -0.4 is 10.0 Å². The van der Waals surface area contributed by atoms with Crippen molar-refractivity contribution in [3.8, 4) is 0 Å². The summed E-state index contributed by atoms with van der Waals surface area (Å²) in [6.07, 6.45) is 0.245. The van der Waals surface area contributed by atoms with Gasteiger partial charge in [0.05, 0.1) is 27.8 Å². The summed E-state index contributed by atoms with van der Waals surface area (Å²) in [7, 11) is -7.10. The number of carbonyl (C=O) groups is 1. The third-order valence-corrected chi connectivity index (χ3v) is 8.45. The van der Waals surface area contributed by atoms with Gasteiger partial charge in [-0.25, -0.2) is 21.6 Å². The molecule has 4 rings (SSSR count). The highest BCUT2D eigenvalue weighted by Crippen LogP contribution is 2.21. The van der Waals surface area contributed by atoms with Crippen LogP contribution in [0.15, 0.2) is 94.0 Å². The average Bonchev–Trinajstić information content (AvgIpc) is 3.16. The SMILES string of the molecule is O=C(Nc1ccc(N=Nc2ccccc2)cc1)c1ccc(S(=O)(=O)NC2CCS(=O)(=O)C2)cc1. The summed E-state index contributed by atoms with van der Waals surface area (Å²) in [6, 6.07) is 20.9. The molecular weight excluding hydrogens is 476 g/mol. The smallest absolute Gasteiger partial charge is 0.255 e. The van der Waals surface area contributed by atoms with E-state index < -0.39 is 31.8 Å². The van der Waals surface area contributed by atoms with Crippen molar-refractivity contribution >= 4 is 42.8 Å². The number of hydrogen-bond donors (Lipinski definition) is 2. The number of hydrogen-bond acceptors (Lipinski definition) is 7. The van der Waals surface area contributed by atoms with Crippen molar-refractivity contribution in [1.82, 2.24) is 4.72 Å². The fourth-order valence-corrected chi connectivity index (χ4v) is 6.44. The zero-order valence-corrected chi connectivity index (χ0v) is 19.6. The summed E-state index contributed by atoms with van der Waals surface area (Å²) in [6.45, 7) is 0. The second kappa shape index (κ2) is 9.84. The maximum atomic E-state index is 12.5. The van der Waals surface area contributed by atoms with E-state index in [9.17, 15) is 21.6 Å². The molecular formula is C23H22N4O5S2. The maximum absolute atomic E-state index is 12.5. The fraction of sp³-hybridized carbons (Fsp3) is 0.174. The van der Waals surface area contributed by atoms with Crippen LogP contribution in [0.3, 0.4) is 0 Å². The molecule has 3 aromatic carbocycles. The van der Waals surface area contributed by atoms with Gasteiger partial charge in [-0.3, -0.25) is 4.79 Å². The third-order valence-electron chi connectivity index (χ3n) is 5.14. The first-order valence-corrected chi connectivity index (χ1v) is 13.7. The van der Waals surface area contributed by atoms with E-state index >= 15 is 0 Å². The topological polar surface area (TPSA) is 134 Å². The van der Waals surface area contributed by atoms with Crippen molar-refractivity contribution in [2.45, 2.75) is 17.4 Å². The van der Waals surface area contributed by atoms with Gasteiger partial charge in [-0.15, -0.1) is 0 Å². The number of amides is 1. The number of azo groups is 1. The predicted octanol–water partition coefficient (Wildman–Crippen LogP) is 3.82. The number of carbonyl (C=O) groups excluding carboxylic acids is 1. The quantitative estimate of drug-likeness (QED) is 0.478. The van der Waals surface area contributed by atoms with Gasteiger partial charge in [0, 0.05) is 17.3 Å². The third kappa shape index (κ3) is 6.13. The summed E-state index contributed by atoms with van der Waals surface area (Å²) in [4.78, 5) is 12.5. The van der Waals surface area contributed by atoms with Crippen molar-refractivity contribution in [3.63, 3.8) is 0 Å². The van der Waals surface area contributed by atoms with E-state index in [1.807, 2.05) is 30.3 Å². The first-order chi connectivity index (χ1) is 16.2. The van der Waals surface area contributed by atoms with Gasteiger partial charge >= 0.3 is 0 Å². The van der Waals surface area contributed by atoms with Crippen molar-refractivity contribution < 1.29 is 21.6 Å². The molecule has 1 heterocycles. The molecule has 1 aliphatic rings. The molecule has 1 unspecified atom stereocenters. The number of sulfone groups is 1. The second-order valence-corrected chi connectivity index (χ2v) is 11.7. The Balaban J connectivity index is 1.36. The van der Waals surface area contributed by atoms with Crippen molar-refractivity contribution in [2.75, 3.05) is 16.8 Å². The first kappa shape index (κ1) is 23.7. The largest absolute Gasteiger partial charge is 0.322 e. The second-order valence-electron chi connectivity index (χ2n) is 7.78.